The van der Waals surface area contributed by atoms with Crippen molar-refractivity contribution in [3.63, 3.8) is 0 Å². The zero-order valence-electron chi connectivity index (χ0n) is 8.77. The third-order valence-corrected chi connectivity index (χ3v) is 1.89. The molecule has 0 saturated heterocycles. The van der Waals surface area contributed by atoms with Crippen LogP contribution < -0.4 is 0 Å². The zero-order chi connectivity index (χ0) is 10.6. The van der Waals surface area contributed by atoms with Gasteiger partial charge < -0.3 is 0 Å². The van der Waals surface area contributed by atoms with Crippen LogP contribution in [0.5, 0.6) is 0 Å². The average molecular weight is 193 g/mol. The van der Waals surface area contributed by atoms with Crippen LogP contribution in [-0.4, -0.2) is 15.9 Å². The van der Waals surface area contributed by atoms with Gasteiger partial charge in [0.2, 0.25) is 6.08 Å². The van der Waals surface area contributed by atoms with E-state index in [-0.39, 0.29) is 6.04 Å². The van der Waals surface area contributed by atoms with Crippen molar-refractivity contribution >= 4 is 6.08 Å². The first-order valence-corrected chi connectivity index (χ1v) is 4.73. The van der Waals surface area contributed by atoms with Crippen LogP contribution in [0.1, 0.15) is 32.5 Å². The molecule has 0 aliphatic rings. The maximum Gasteiger partial charge on any atom is 0.235 e. The molecule has 4 nitrogen and oxygen atoms in total. The Labute approximate surface area is 83.7 Å². The van der Waals surface area contributed by atoms with Gasteiger partial charge in [0, 0.05) is 12.7 Å². The smallest absolute Gasteiger partial charge is 0.235 e. The standard InChI is InChI=1S/C10H15N3O/c1-8(2)6-13-5-4-10(12-13)9(3)11-7-14/h4-5,8-9H,6H2,1-3H3. The summed E-state index contributed by atoms with van der Waals surface area (Å²) in [6, 6.07) is 1.69. The molecule has 0 aliphatic heterocycles. The van der Waals surface area contributed by atoms with Crippen LogP contribution in [0, 0.1) is 5.92 Å². The van der Waals surface area contributed by atoms with E-state index in [1.165, 1.54) is 0 Å². The number of isocyanates is 1. The van der Waals surface area contributed by atoms with E-state index >= 15 is 0 Å². The maximum absolute atomic E-state index is 10.0. The predicted molar refractivity (Wildman–Crippen MR) is 53.6 cm³/mol. The molecule has 76 valence electrons. The second-order valence-corrected chi connectivity index (χ2v) is 3.75. The van der Waals surface area contributed by atoms with Crippen molar-refractivity contribution in [3.05, 3.63) is 18.0 Å². The second kappa shape index (κ2) is 4.72. The van der Waals surface area contributed by atoms with Crippen LogP contribution in [0.3, 0.4) is 0 Å². The van der Waals surface area contributed by atoms with Crippen molar-refractivity contribution in [3.8, 4) is 0 Å². The molecule has 1 aromatic heterocycles. The molecule has 0 saturated carbocycles. The first kappa shape index (κ1) is 10.7. The molecular weight excluding hydrogens is 178 g/mol. The van der Waals surface area contributed by atoms with Gasteiger partial charge in [-0.05, 0) is 18.9 Å². The number of carbonyl (C=O) groups excluding carboxylic acids is 1. The normalized spacial score (nSPS) is 12.6. The molecule has 1 atom stereocenters. The molecule has 14 heavy (non-hydrogen) atoms. The maximum atomic E-state index is 10.0. The summed E-state index contributed by atoms with van der Waals surface area (Å²) >= 11 is 0. The molecular formula is C10H15N3O. The van der Waals surface area contributed by atoms with Crippen molar-refractivity contribution in [1.29, 1.82) is 0 Å². The summed E-state index contributed by atoms with van der Waals surface area (Å²) in [5.41, 5.74) is 0.814. The second-order valence-electron chi connectivity index (χ2n) is 3.75. The minimum absolute atomic E-state index is 0.194. The predicted octanol–water partition coefficient (Wildman–Crippen LogP) is 1.94. The van der Waals surface area contributed by atoms with Gasteiger partial charge in [0.1, 0.15) is 6.04 Å². The van der Waals surface area contributed by atoms with E-state index in [0.29, 0.717) is 5.92 Å². The van der Waals surface area contributed by atoms with E-state index in [1.54, 1.807) is 6.08 Å². The highest BCUT2D eigenvalue weighted by atomic mass is 16.1. The molecule has 0 bridgehead atoms. The Balaban J connectivity index is 2.72. The van der Waals surface area contributed by atoms with Crippen LogP contribution in [0.4, 0.5) is 0 Å². The topological polar surface area (TPSA) is 47.2 Å². The lowest BCUT2D eigenvalue weighted by atomic mass is 10.2. The fourth-order valence-corrected chi connectivity index (χ4v) is 1.22. The molecule has 0 fully saturated rings. The minimum Gasteiger partial charge on any atom is -0.272 e. The summed E-state index contributed by atoms with van der Waals surface area (Å²) in [7, 11) is 0. The van der Waals surface area contributed by atoms with Gasteiger partial charge in [0.05, 0.1) is 5.69 Å². The molecule has 1 unspecified atom stereocenters. The van der Waals surface area contributed by atoms with E-state index in [1.807, 2.05) is 23.9 Å². The highest BCUT2D eigenvalue weighted by Gasteiger charge is 2.07. The number of hydrogen-bond acceptors (Lipinski definition) is 3. The summed E-state index contributed by atoms with van der Waals surface area (Å²) in [6.45, 7) is 6.98. The number of nitrogens with zero attached hydrogens (tertiary/aromatic N) is 3. The summed E-state index contributed by atoms with van der Waals surface area (Å²) in [5.74, 6) is 0.563. The largest absolute Gasteiger partial charge is 0.272 e. The van der Waals surface area contributed by atoms with Crippen molar-refractivity contribution in [1.82, 2.24) is 9.78 Å². The van der Waals surface area contributed by atoms with Gasteiger partial charge in [-0.2, -0.15) is 10.1 Å². The Morgan fingerprint density at radius 1 is 1.57 bits per heavy atom. The summed E-state index contributed by atoms with van der Waals surface area (Å²) in [6.07, 6.45) is 3.45. The Bertz CT molecular complexity index is 337. The van der Waals surface area contributed by atoms with E-state index in [0.717, 1.165) is 12.2 Å². The van der Waals surface area contributed by atoms with Gasteiger partial charge in [0.15, 0.2) is 0 Å². The Morgan fingerprint density at radius 3 is 2.86 bits per heavy atom. The van der Waals surface area contributed by atoms with Crippen LogP contribution >= 0.6 is 0 Å². The monoisotopic (exact) mass is 193 g/mol. The Kier molecular flexibility index (Phi) is 3.60. The van der Waals surface area contributed by atoms with Gasteiger partial charge in [-0.25, -0.2) is 4.79 Å². The number of hydrogen-bond donors (Lipinski definition) is 0. The number of aromatic nitrogens is 2. The van der Waals surface area contributed by atoms with Crippen LogP contribution in [-0.2, 0) is 11.3 Å². The molecule has 0 radical (unpaired) electrons. The molecule has 1 rings (SSSR count). The Morgan fingerprint density at radius 2 is 2.29 bits per heavy atom. The Hall–Kier alpha value is -1.41. The number of aliphatic imine (C=N–C) groups is 1. The molecule has 1 heterocycles. The highest BCUT2D eigenvalue weighted by molar-refractivity contribution is 5.34. The summed E-state index contributed by atoms with van der Waals surface area (Å²) < 4.78 is 1.87. The third kappa shape index (κ3) is 2.82. The molecule has 0 spiro atoms. The van der Waals surface area contributed by atoms with E-state index < -0.39 is 0 Å². The van der Waals surface area contributed by atoms with Crippen LogP contribution in [0.2, 0.25) is 0 Å². The molecule has 1 aromatic rings. The van der Waals surface area contributed by atoms with Gasteiger partial charge in [-0.3, -0.25) is 4.68 Å². The molecule has 0 aliphatic carbocycles. The van der Waals surface area contributed by atoms with E-state index in [2.05, 4.69) is 23.9 Å². The van der Waals surface area contributed by atoms with Crippen LogP contribution in [0.15, 0.2) is 17.3 Å². The fraction of sp³-hybridized carbons (Fsp3) is 0.600. The lowest BCUT2D eigenvalue weighted by molar-refractivity contribution is 0.477. The van der Waals surface area contributed by atoms with Crippen molar-refractivity contribution in [2.75, 3.05) is 0 Å². The molecule has 0 amide bonds. The van der Waals surface area contributed by atoms with Gasteiger partial charge in [-0.15, -0.1) is 0 Å². The van der Waals surface area contributed by atoms with Crippen molar-refractivity contribution in [2.24, 2.45) is 10.9 Å². The van der Waals surface area contributed by atoms with Gasteiger partial charge >= 0.3 is 0 Å². The minimum atomic E-state index is -0.194. The SMILES string of the molecule is CC(C)Cn1ccc(C(C)N=C=O)n1. The third-order valence-electron chi connectivity index (χ3n) is 1.89. The quantitative estimate of drug-likeness (QED) is 0.542. The molecule has 0 N–H and O–H groups in total. The summed E-state index contributed by atoms with van der Waals surface area (Å²) in [5, 5.41) is 4.31. The van der Waals surface area contributed by atoms with E-state index in [4.69, 9.17) is 0 Å². The first-order chi connectivity index (χ1) is 6.63. The van der Waals surface area contributed by atoms with Gasteiger partial charge in [0.25, 0.3) is 0 Å². The van der Waals surface area contributed by atoms with Crippen molar-refractivity contribution in [2.45, 2.75) is 33.4 Å². The van der Waals surface area contributed by atoms with Gasteiger partial charge in [-0.1, -0.05) is 13.8 Å². The molecule has 0 aromatic carbocycles. The molecule has 4 heteroatoms. The lowest BCUT2D eigenvalue weighted by Crippen LogP contribution is -2.05. The zero-order valence-corrected chi connectivity index (χ0v) is 8.77. The number of rotatable bonds is 4. The highest BCUT2D eigenvalue weighted by Crippen LogP contribution is 2.13. The van der Waals surface area contributed by atoms with Crippen LogP contribution in [0.25, 0.3) is 0 Å². The van der Waals surface area contributed by atoms with Crippen molar-refractivity contribution < 1.29 is 4.79 Å². The lowest BCUT2D eigenvalue weighted by Gasteiger charge is -2.04. The summed E-state index contributed by atoms with van der Waals surface area (Å²) in [4.78, 5) is 13.7. The van der Waals surface area contributed by atoms with E-state index in [9.17, 15) is 4.79 Å². The fourth-order valence-electron chi connectivity index (χ4n) is 1.22. The first-order valence-electron chi connectivity index (χ1n) is 4.73. The average Bonchev–Trinajstić information content (AvgIpc) is 2.52.